The Bertz CT molecular complexity index is 697. The summed E-state index contributed by atoms with van der Waals surface area (Å²) in [6.07, 6.45) is 3.01. The molecule has 0 spiro atoms. The number of aromatic nitrogens is 2. The fraction of sp³-hybridized carbons (Fsp3) is 0.308. The smallest absolute Gasteiger partial charge is 0.262 e. The number of anilines is 1. The summed E-state index contributed by atoms with van der Waals surface area (Å²) in [4.78, 5) is 0.0529. The van der Waals surface area contributed by atoms with Crippen LogP contribution in [0.2, 0.25) is 0 Å². The molecule has 8 heteroatoms. The van der Waals surface area contributed by atoms with Crippen LogP contribution in [0.15, 0.2) is 41.6 Å². The van der Waals surface area contributed by atoms with E-state index in [4.69, 9.17) is 4.74 Å². The molecule has 0 fully saturated rings. The normalized spacial score (nSPS) is 11.5. The summed E-state index contributed by atoms with van der Waals surface area (Å²) in [7, 11) is -2.18. The lowest BCUT2D eigenvalue weighted by Gasteiger charge is -2.09. The lowest BCUT2D eigenvalue weighted by atomic mass is 10.2. The van der Waals surface area contributed by atoms with Gasteiger partial charge in [-0.05, 0) is 11.6 Å². The molecule has 0 unspecified atom stereocenters. The highest BCUT2D eigenvalue weighted by Crippen LogP contribution is 2.19. The van der Waals surface area contributed by atoms with Gasteiger partial charge in [-0.3, -0.25) is 9.40 Å². The van der Waals surface area contributed by atoms with Gasteiger partial charge in [0.25, 0.3) is 10.0 Å². The molecule has 0 bridgehead atoms. The molecule has 1 aromatic heterocycles. The van der Waals surface area contributed by atoms with Crippen LogP contribution in [0.25, 0.3) is 0 Å². The van der Waals surface area contributed by atoms with Crippen molar-refractivity contribution in [2.45, 2.75) is 18.0 Å². The monoisotopic (exact) mass is 311 g/mol. The van der Waals surface area contributed by atoms with Gasteiger partial charge in [0.15, 0.2) is 0 Å². The lowest BCUT2D eigenvalue weighted by Crippen LogP contribution is -2.14. The van der Waals surface area contributed by atoms with Gasteiger partial charge in [0.05, 0.1) is 36.5 Å². The molecule has 2 N–H and O–H groups in total. The Morgan fingerprint density at radius 1 is 1.38 bits per heavy atom. The quantitative estimate of drug-likeness (QED) is 0.789. The second kappa shape index (κ2) is 6.70. The number of nitrogens with one attached hydrogen (secondary N) is 1. The van der Waals surface area contributed by atoms with E-state index >= 15 is 0 Å². The van der Waals surface area contributed by atoms with E-state index in [1.807, 2.05) is 0 Å². The number of benzene rings is 1. The molecule has 0 aliphatic heterocycles. The maximum atomic E-state index is 12.3. The van der Waals surface area contributed by atoms with E-state index in [1.165, 1.54) is 12.3 Å². The van der Waals surface area contributed by atoms with Crippen LogP contribution in [-0.2, 0) is 27.9 Å². The number of hydrogen-bond donors (Lipinski definition) is 2. The lowest BCUT2D eigenvalue weighted by molar-refractivity contribution is 0.183. The first-order valence-corrected chi connectivity index (χ1v) is 7.78. The Hall–Kier alpha value is -1.90. The molecule has 1 aromatic carbocycles. The van der Waals surface area contributed by atoms with Crippen molar-refractivity contribution in [1.82, 2.24) is 9.78 Å². The van der Waals surface area contributed by atoms with Gasteiger partial charge in [0.2, 0.25) is 0 Å². The summed E-state index contributed by atoms with van der Waals surface area (Å²) in [6.45, 7) is 0.677. The predicted octanol–water partition coefficient (Wildman–Crippen LogP) is 0.823. The Morgan fingerprint density at radius 2 is 2.14 bits per heavy atom. The molecular weight excluding hydrogens is 294 g/mol. The second-order valence-corrected chi connectivity index (χ2v) is 6.01. The first-order chi connectivity index (χ1) is 10.1. The Kier molecular flexibility index (Phi) is 4.94. The molecule has 0 saturated heterocycles. The maximum Gasteiger partial charge on any atom is 0.262 e. The number of rotatable bonds is 7. The van der Waals surface area contributed by atoms with Gasteiger partial charge in [-0.2, -0.15) is 5.10 Å². The second-order valence-electron chi connectivity index (χ2n) is 4.36. The number of aliphatic hydroxyl groups excluding tert-OH is 1. The average molecular weight is 311 g/mol. The van der Waals surface area contributed by atoms with Crippen molar-refractivity contribution in [3.8, 4) is 0 Å². The molecule has 114 valence electrons. The minimum absolute atomic E-state index is 0.0529. The van der Waals surface area contributed by atoms with Gasteiger partial charge in [-0.15, -0.1) is 0 Å². The summed E-state index contributed by atoms with van der Waals surface area (Å²) in [5.74, 6) is 0. The molecule has 7 nitrogen and oxygen atoms in total. The minimum atomic E-state index is -3.76. The molecule has 0 amide bonds. The van der Waals surface area contributed by atoms with Gasteiger partial charge in [-0.1, -0.05) is 18.2 Å². The first-order valence-electron chi connectivity index (χ1n) is 6.30. The number of methoxy groups -OCH3 is 1. The van der Waals surface area contributed by atoms with E-state index in [0.29, 0.717) is 24.4 Å². The Morgan fingerprint density at radius 3 is 2.86 bits per heavy atom. The van der Waals surface area contributed by atoms with Crippen LogP contribution >= 0.6 is 0 Å². The van der Waals surface area contributed by atoms with Crippen molar-refractivity contribution >= 4 is 15.7 Å². The van der Waals surface area contributed by atoms with Crippen LogP contribution in [0.1, 0.15) is 5.56 Å². The molecule has 0 radical (unpaired) electrons. The van der Waals surface area contributed by atoms with Crippen molar-refractivity contribution in [3.63, 3.8) is 0 Å². The summed E-state index contributed by atoms with van der Waals surface area (Å²) in [5.41, 5.74) is 0.704. The van der Waals surface area contributed by atoms with Crippen molar-refractivity contribution in [1.29, 1.82) is 0 Å². The zero-order valence-electron chi connectivity index (χ0n) is 11.6. The molecule has 0 aliphatic rings. The predicted molar refractivity (Wildman–Crippen MR) is 77.3 cm³/mol. The van der Waals surface area contributed by atoms with E-state index in [9.17, 15) is 13.5 Å². The summed E-state index contributed by atoms with van der Waals surface area (Å²) in [5, 5.41) is 13.3. The van der Waals surface area contributed by atoms with Crippen LogP contribution < -0.4 is 4.72 Å². The highest BCUT2D eigenvalue weighted by atomic mass is 32.2. The number of nitrogens with zero attached hydrogens (tertiary/aromatic N) is 2. The van der Waals surface area contributed by atoms with Gasteiger partial charge in [0.1, 0.15) is 0 Å². The molecule has 21 heavy (non-hydrogen) atoms. The van der Waals surface area contributed by atoms with Crippen LogP contribution in [0.3, 0.4) is 0 Å². The summed E-state index contributed by atoms with van der Waals surface area (Å²) >= 11 is 0. The third kappa shape index (κ3) is 3.81. The highest BCUT2D eigenvalue weighted by molar-refractivity contribution is 7.92. The van der Waals surface area contributed by atoms with Crippen LogP contribution in [0.5, 0.6) is 0 Å². The van der Waals surface area contributed by atoms with Gasteiger partial charge >= 0.3 is 0 Å². The van der Waals surface area contributed by atoms with Gasteiger partial charge < -0.3 is 9.84 Å². The topological polar surface area (TPSA) is 93.5 Å². The zero-order valence-corrected chi connectivity index (χ0v) is 12.4. The summed E-state index contributed by atoms with van der Waals surface area (Å²) in [6, 6.07) is 6.29. The third-order valence-corrected chi connectivity index (χ3v) is 4.32. The number of ether oxygens (including phenoxy) is 1. The molecule has 1 heterocycles. The molecule has 2 aromatic rings. The van der Waals surface area contributed by atoms with Crippen LogP contribution in [-0.4, -0.2) is 37.0 Å². The van der Waals surface area contributed by atoms with Crippen molar-refractivity contribution < 1.29 is 18.3 Å². The van der Waals surface area contributed by atoms with Crippen molar-refractivity contribution in [3.05, 3.63) is 42.2 Å². The van der Waals surface area contributed by atoms with Gasteiger partial charge in [-0.25, -0.2) is 8.42 Å². The Balaban J connectivity index is 2.19. The van der Waals surface area contributed by atoms with Crippen molar-refractivity contribution in [2.24, 2.45) is 0 Å². The van der Waals surface area contributed by atoms with E-state index in [-0.39, 0.29) is 11.5 Å². The molecule has 0 aliphatic carbocycles. The Labute approximate surface area is 123 Å². The van der Waals surface area contributed by atoms with Crippen molar-refractivity contribution in [2.75, 3.05) is 18.4 Å². The van der Waals surface area contributed by atoms with E-state index in [0.717, 1.165) is 0 Å². The first kappa shape index (κ1) is 15.5. The average Bonchev–Trinajstić information content (AvgIpc) is 2.91. The van der Waals surface area contributed by atoms with E-state index in [2.05, 4.69) is 9.82 Å². The van der Waals surface area contributed by atoms with E-state index < -0.39 is 10.0 Å². The maximum absolute atomic E-state index is 12.3. The standard InChI is InChI=1S/C13H17N3O4S/c1-20-7-6-16-9-12(8-14-16)15-21(18,19)13-5-3-2-4-11(13)10-17/h2-5,8-9,15,17H,6-7,10H2,1H3. The number of aliphatic hydroxyl groups is 1. The number of hydrogen-bond acceptors (Lipinski definition) is 5. The molecule has 0 atom stereocenters. The fourth-order valence-electron chi connectivity index (χ4n) is 1.83. The summed E-state index contributed by atoms with van der Waals surface area (Å²) < 4.78 is 33.6. The molecule has 0 saturated carbocycles. The SMILES string of the molecule is COCCn1cc(NS(=O)(=O)c2ccccc2CO)cn1. The van der Waals surface area contributed by atoms with Crippen LogP contribution in [0.4, 0.5) is 5.69 Å². The third-order valence-electron chi connectivity index (χ3n) is 2.84. The van der Waals surface area contributed by atoms with E-state index in [1.54, 1.807) is 36.2 Å². The highest BCUT2D eigenvalue weighted by Gasteiger charge is 2.18. The number of sulfonamides is 1. The zero-order chi connectivity index (χ0) is 15.3. The molecular formula is C13H17N3O4S. The minimum Gasteiger partial charge on any atom is -0.392 e. The fourth-order valence-corrected chi connectivity index (χ4v) is 3.09. The van der Waals surface area contributed by atoms with Crippen LogP contribution in [0, 0.1) is 0 Å². The molecule has 2 rings (SSSR count). The van der Waals surface area contributed by atoms with Gasteiger partial charge in [0, 0.05) is 13.3 Å². The largest absolute Gasteiger partial charge is 0.392 e.